The molecule has 1 aliphatic heterocycles. The lowest BCUT2D eigenvalue weighted by molar-refractivity contribution is 0.0739. The SMILES string of the molecule is NC(=O)c1ncn2c(C(=O)N3CCN(c4cccc(Cl)c4)CC3)cc(-c3ccccc3)nc12. The third-order valence-electron chi connectivity index (χ3n) is 5.76. The number of piperazine rings is 1. The summed E-state index contributed by atoms with van der Waals surface area (Å²) in [5.41, 5.74) is 8.63. The van der Waals surface area contributed by atoms with E-state index in [0.717, 1.165) is 11.3 Å². The van der Waals surface area contributed by atoms with Crippen LogP contribution in [-0.2, 0) is 0 Å². The summed E-state index contributed by atoms with van der Waals surface area (Å²) in [6, 6.07) is 18.9. The molecule has 1 aliphatic rings. The molecule has 0 bridgehead atoms. The van der Waals surface area contributed by atoms with Crippen molar-refractivity contribution in [2.45, 2.75) is 0 Å². The highest BCUT2D eigenvalue weighted by molar-refractivity contribution is 6.30. The highest BCUT2D eigenvalue weighted by atomic mass is 35.5. The largest absolute Gasteiger partial charge is 0.368 e. The normalized spacial score (nSPS) is 14.0. The zero-order valence-corrected chi connectivity index (χ0v) is 18.4. The summed E-state index contributed by atoms with van der Waals surface area (Å²) in [7, 11) is 0. The Labute approximate surface area is 195 Å². The minimum Gasteiger partial charge on any atom is -0.368 e. The Hall–Kier alpha value is -3.91. The molecule has 9 heteroatoms. The maximum Gasteiger partial charge on any atom is 0.271 e. The van der Waals surface area contributed by atoms with E-state index in [4.69, 9.17) is 17.3 Å². The van der Waals surface area contributed by atoms with Crippen molar-refractivity contribution in [1.82, 2.24) is 19.3 Å². The van der Waals surface area contributed by atoms with Gasteiger partial charge in [-0.15, -0.1) is 0 Å². The van der Waals surface area contributed by atoms with E-state index in [9.17, 15) is 9.59 Å². The van der Waals surface area contributed by atoms with Crippen LogP contribution in [0.25, 0.3) is 16.9 Å². The highest BCUT2D eigenvalue weighted by Gasteiger charge is 2.26. The molecule has 2 amide bonds. The zero-order chi connectivity index (χ0) is 22.9. The molecule has 0 saturated carbocycles. The summed E-state index contributed by atoms with van der Waals surface area (Å²) < 4.78 is 1.54. The number of aromatic nitrogens is 3. The van der Waals surface area contributed by atoms with E-state index in [2.05, 4.69) is 14.9 Å². The number of rotatable bonds is 4. The second-order valence-electron chi connectivity index (χ2n) is 7.80. The molecule has 2 aromatic heterocycles. The number of carbonyl (C=O) groups is 2. The van der Waals surface area contributed by atoms with Crippen molar-refractivity contribution in [3.05, 3.63) is 83.4 Å². The molecule has 166 valence electrons. The van der Waals surface area contributed by atoms with E-state index in [1.54, 1.807) is 11.0 Å². The molecule has 0 unspecified atom stereocenters. The van der Waals surface area contributed by atoms with Crippen LogP contribution in [0.1, 0.15) is 21.0 Å². The number of anilines is 1. The van der Waals surface area contributed by atoms with Crippen LogP contribution in [0, 0.1) is 0 Å². The Balaban J connectivity index is 1.47. The van der Waals surface area contributed by atoms with E-state index in [1.807, 2.05) is 54.6 Å². The molecule has 2 N–H and O–H groups in total. The first kappa shape index (κ1) is 21.0. The average molecular weight is 461 g/mol. The summed E-state index contributed by atoms with van der Waals surface area (Å²) in [4.78, 5) is 38.2. The fourth-order valence-corrected chi connectivity index (χ4v) is 4.25. The zero-order valence-electron chi connectivity index (χ0n) is 17.7. The fraction of sp³-hybridized carbons (Fsp3) is 0.167. The Bertz CT molecular complexity index is 1350. The quantitative estimate of drug-likeness (QED) is 0.504. The van der Waals surface area contributed by atoms with Crippen molar-refractivity contribution in [1.29, 1.82) is 0 Å². The van der Waals surface area contributed by atoms with Crippen LogP contribution >= 0.6 is 11.6 Å². The lowest BCUT2D eigenvalue weighted by atomic mass is 10.1. The number of benzene rings is 2. The first-order valence-corrected chi connectivity index (χ1v) is 10.9. The molecular weight excluding hydrogens is 440 g/mol. The number of imidazole rings is 1. The van der Waals surface area contributed by atoms with Crippen molar-refractivity contribution in [2.75, 3.05) is 31.1 Å². The van der Waals surface area contributed by atoms with E-state index >= 15 is 0 Å². The Morgan fingerprint density at radius 3 is 2.39 bits per heavy atom. The third-order valence-corrected chi connectivity index (χ3v) is 6.00. The number of amides is 2. The highest BCUT2D eigenvalue weighted by Crippen LogP contribution is 2.24. The second kappa shape index (κ2) is 8.55. The van der Waals surface area contributed by atoms with Gasteiger partial charge in [0.05, 0.1) is 5.69 Å². The fourth-order valence-electron chi connectivity index (χ4n) is 4.07. The number of carbonyl (C=O) groups excluding carboxylic acids is 2. The molecule has 1 fully saturated rings. The van der Waals surface area contributed by atoms with Crippen LogP contribution in [0.2, 0.25) is 5.02 Å². The van der Waals surface area contributed by atoms with Crippen molar-refractivity contribution >= 4 is 34.7 Å². The Morgan fingerprint density at radius 2 is 1.70 bits per heavy atom. The minimum atomic E-state index is -0.691. The molecule has 33 heavy (non-hydrogen) atoms. The number of nitrogens with zero attached hydrogens (tertiary/aromatic N) is 5. The first-order valence-electron chi connectivity index (χ1n) is 10.5. The van der Waals surface area contributed by atoms with Gasteiger partial charge in [-0.05, 0) is 24.3 Å². The maximum absolute atomic E-state index is 13.6. The van der Waals surface area contributed by atoms with Crippen molar-refractivity contribution in [3.63, 3.8) is 0 Å². The molecule has 3 heterocycles. The topological polar surface area (TPSA) is 96.8 Å². The molecular formula is C24H21ClN6O2. The molecule has 5 rings (SSSR count). The lowest BCUT2D eigenvalue weighted by Gasteiger charge is -2.36. The van der Waals surface area contributed by atoms with Crippen molar-refractivity contribution in [2.24, 2.45) is 5.73 Å². The van der Waals surface area contributed by atoms with Crippen molar-refractivity contribution < 1.29 is 9.59 Å². The van der Waals surface area contributed by atoms with Crippen molar-refractivity contribution in [3.8, 4) is 11.3 Å². The first-order chi connectivity index (χ1) is 16.0. The average Bonchev–Trinajstić information content (AvgIpc) is 3.28. The molecule has 0 spiro atoms. The second-order valence-corrected chi connectivity index (χ2v) is 8.24. The molecule has 0 aliphatic carbocycles. The van der Waals surface area contributed by atoms with Gasteiger partial charge in [0.25, 0.3) is 11.8 Å². The van der Waals surface area contributed by atoms with E-state index in [0.29, 0.717) is 42.6 Å². The number of halogens is 1. The number of hydrogen-bond donors (Lipinski definition) is 1. The Morgan fingerprint density at radius 1 is 0.939 bits per heavy atom. The van der Waals surface area contributed by atoms with Gasteiger partial charge in [-0.25, -0.2) is 9.97 Å². The standard InChI is InChI=1S/C24H21ClN6O2/c25-17-7-4-8-18(13-17)29-9-11-30(12-10-29)24(33)20-14-19(16-5-2-1-3-6-16)28-23-21(22(26)32)27-15-31(20)23/h1-8,13-15H,9-12H2,(H2,26,32). The number of fused-ring (bicyclic) bond motifs is 1. The van der Waals surface area contributed by atoms with Gasteiger partial charge in [0.2, 0.25) is 0 Å². The summed E-state index contributed by atoms with van der Waals surface area (Å²) >= 11 is 6.13. The summed E-state index contributed by atoms with van der Waals surface area (Å²) in [6.45, 7) is 2.46. The Kier molecular flexibility index (Phi) is 5.43. The van der Waals surface area contributed by atoms with Gasteiger partial charge in [-0.2, -0.15) is 0 Å². The van der Waals surface area contributed by atoms with Crippen LogP contribution in [0.3, 0.4) is 0 Å². The van der Waals surface area contributed by atoms with Gasteiger partial charge in [-0.1, -0.05) is 48.0 Å². The van der Waals surface area contributed by atoms with Crippen LogP contribution in [-0.4, -0.2) is 57.3 Å². The van der Waals surface area contributed by atoms with Gasteiger partial charge >= 0.3 is 0 Å². The van der Waals surface area contributed by atoms with E-state index in [1.165, 1.54) is 10.7 Å². The summed E-state index contributed by atoms with van der Waals surface area (Å²) in [5, 5.41) is 0.684. The van der Waals surface area contributed by atoms with Gasteiger partial charge < -0.3 is 15.5 Å². The van der Waals surface area contributed by atoms with Crippen LogP contribution in [0.5, 0.6) is 0 Å². The van der Waals surface area contributed by atoms with Crippen LogP contribution < -0.4 is 10.6 Å². The molecule has 0 atom stereocenters. The molecule has 4 aromatic rings. The smallest absolute Gasteiger partial charge is 0.271 e. The van der Waals surface area contributed by atoms with Crippen LogP contribution in [0.15, 0.2) is 67.0 Å². The van der Waals surface area contributed by atoms with Crippen LogP contribution in [0.4, 0.5) is 5.69 Å². The lowest BCUT2D eigenvalue weighted by Crippen LogP contribution is -2.49. The molecule has 8 nitrogen and oxygen atoms in total. The van der Waals surface area contributed by atoms with Gasteiger partial charge in [0.1, 0.15) is 12.0 Å². The summed E-state index contributed by atoms with van der Waals surface area (Å²) in [5.74, 6) is -0.845. The molecule has 1 saturated heterocycles. The predicted octanol–water partition coefficient (Wildman–Crippen LogP) is 3.11. The number of primary amides is 1. The molecule has 0 radical (unpaired) electrons. The van der Waals surface area contributed by atoms with Gasteiger partial charge in [0, 0.05) is 42.5 Å². The number of hydrogen-bond acceptors (Lipinski definition) is 5. The predicted molar refractivity (Wildman–Crippen MR) is 127 cm³/mol. The minimum absolute atomic E-state index is 0.0348. The van der Waals surface area contributed by atoms with Gasteiger partial charge in [-0.3, -0.25) is 14.0 Å². The van der Waals surface area contributed by atoms with E-state index < -0.39 is 5.91 Å². The van der Waals surface area contributed by atoms with E-state index in [-0.39, 0.29) is 17.2 Å². The third kappa shape index (κ3) is 4.01. The maximum atomic E-state index is 13.6. The molecule has 2 aromatic carbocycles. The number of nitrogens with two attached hydrogens (primary N) is 1. The van der Waals surface area contributed by atoms with Gasteiger partial charge in [0.15, 0.2) is 11.3 Å². The summed E-state index contributed by atoms with van der Waals surface area (Å²) in [6.07, 6.45) is 1.42. The monoisotopic (exact) mass is 460 g/mol.